The molecule has 3 rings (SSSR count). The highest BCUT2D eigenvalue weighted by Crippen LogP contribution is 2.35. The maximum absolute atomic E-state index is 14.2. The molecule has 119 valence electrons. The van der Waals surface area contributed by atoms with Crippen LogP contribution in [0.3, 0.4) is 0 Å². The molecule has 1 saturated carbocycles. The predicted octanol–water partition coefficient (Wildman–Crippen LogP) is 6.41. The molecule has 0 heterocycles. The van der Waals surface area contributed by atoms with Gasteiger partial charge in [0.2, 0.25) is 0 Å². The third-order valence-corrected chi connectivity index (χ3v) is 4.81. The molecule has 0 saturated heterocycles. The van der Waals surface area contributed by atoms with Gasteiger partial charge >= 0.3 is 0 Å². The summed E-state index contributed by atoms with van der Waals surface area (Å²) in [6.07, 6.45) is 6.07. The van der Waals surface area contributed by atoms with Gasteiger partial charge in [0.25, 0.3) is 0 Å². The Kier molecular flexibility index (Phi) is 4.61. The smallest absolute Gasteiger partial charge is 0.167 e. The monoisotopic (exact) mass is 311 g/mol. The van der Waals surface area contributed by atoms with Gasteiger partial charge in [0, 0.05) is 17.0 Å². The van der Waals surface area contributed by atoms with E-state index in [1.165, 1.54) is 30.4 Å². The largest absolute Gasteiger partial charge is 0.203 e. The summed E-state index contributed by atoms with van der Waals surface area (Å²) < 4.78 is 28.1. The zero-order valence-corrected chi connectivity index (χ0v) is 13.4. The van der Waals surface area contributed by atoms with Crippen LogP contribution in [0, 0.1) is 23.5 Å². The van der Waals surface area contributed by atoms with Crippen LogP contribution in [0.4, 0.5) is 8.78 Å². The number of halogens is 2. The van der Waals surface area contributed by atoms with Crippen LogP contribution in [-0.2, 0) is 0 Å². The summed E-state index contributed by atoms with van der Waals surface area (Å²) in [7, 11) is 0. The van der Waals surface area contributed by atoms with Gasteiger partial charge in [-0.15, -0.1) is 0 Å². The van der Waals surface area contributed by atoms with Gasteiger partial charge < -0.3 is 0 Å². The third kappa shape index (κ3) is 3.21. The maximum atomic E-state index is 14.2. The third-order valence-electron chi connectivity index (χ3n) is 4.81. The Morgan fingerprint density at radius 3 is 2.13 bits per heavy atom. The van der Waals surface area contributed by atoms with Crippen molar-refractivity contribution < 1.29 is 8.78 Å². The van der Waals surface area contributed by atoms with Gasteiger partial charge in [-0.25, -0.2) is 8.78 Å². The molecular formula is C21H21F2. The van der Waals surface area contributed by atoms with E-state index >= 15 is 0 Å². The molecule has 0 bridgehead atoms. The van der Waals surface area contributed by atoms with Gasteiger partial charge in [-0.05, 0) is 42.7 Å². The molecule has 1 radical (unpaired) electrons. The fourth-order valence-corrected chi connectivity index (χ4v) is 3.23. The molecule has 1 fully saturated rings. The second-order valence-electron chi connectivity index (χ2n) is 6.40. The van der Waals surface area contributed by atoms with Crippen molar-refractivity contribution in [2.75, 3.05) is 0 Å². The second kappa shape index (κ2) is 6.66. The van der Waals surface area contributed by atoms with Gasteiger partial charge in [-0.2, -0.15) is 0 Å². The highest BCUT2D eigenvalue weighted by Gasteiger charge is 2.20. The number of hydrogen-bond donors (Lipinski definition) is 0. The van der Waals surface area contributed by atoms with Crippen LogP contribution in [0.5, 0.6) is 0 Å². The molecule has 0 aliphatic heterocycles. The van der Waals surface area contributed by atoms with E-state index in [1.54, 1.807) is 12.1 Å². The summed E-state index contributed by atoms with van der Waals surface area (Å²) in [5.74, 6) is 0.633. The summed E-state index contributed by atoms with van der Waals surface area (Å²) in [4.78, 5) is 0. The van der Waals surface area contributed by atoms with E-state index in [0.717, 1.165) is 18.8 Å². The quantitative estimate of drug-likeness (QED) is 0.614. The van der Waals surface area contributed by atoms with Gasteiger partial charge in [0.1, 0.15) is 0 Å². The number of rotatable bonds is 3. The summed E-state index contributed by atoms with van der Waals surface area (Å²) >= 11 is 0. The highest BCUT2D eigenvalue weighted by molar-refractivity contribution is 5.67. The fourth-order valence-electron chi connectivity index (χ4n) is 3.23. The lowest BCUT2D eigenvalue weighted by Crippen LogP contribution is -2.11. The lowest BCUT2D eigenvalue weighted by atomic mass is 9.79. The molecule has 2 aromatic carbocycles. The second-order valence-corrected chi connectivity index (χ2v) is 6.40. The molecule has 1 aliphatic carbocycles. The minimum absolute atomic E-state index is 0.190. The van der Waals surface area contributed by atoms with Crippen molar-refractivity contribution >= 4 is 6.08 Å². The lowest BCUT2D eigenvalue weighted by molar-refractivity contribution is 0.416. The van der Waals surface area contributed by atoms with Crippen LogP contribution >= 0.6 is 0 Å². The highest BCUT2D eigenvalue weighted by atomic mass is 19.2. The van der Waals surface area contributed by atoms with E-state index in [9.17, 15) is 8.78 Å². The average molecular weight is 311 g/mol. The van der Waals surface area contributed by atoms with Gasteiger partial charge in [-0.1, -0.05) is 56.0 Å². The van der Waals surface area contributed by atoms with E-state index in [4.69, 9.17) is 0 Å². The van der Waals surface area contributed by atoms with Gasteiger partial charge in [0.15, 0.2) is 11.6 Å². The summed E-state index contributed by atoms with van der Waals surface area (Å²) in [6, 6.07) is 11.0. The van der Waals surface area contributed by atoms with Crippen molar-refractivity contribution in [2.24, 2.45) is 5.92 Å². The van der Waals surface area contributed by atoms with E-state index in [2.05, 4.69) is 13.5 Å². The van der Waals surface area contributed by atoms with Crippen LogP contribution in [0.2, 0.25) is 0 Å². The van der Waals surface area contributed by atoms with E-state index in [1.807, 2.05) is 24.3 Å². The van der Waals surface area contributed by atoms with Crippen LogP contribution in [-0.4, -0.2) is 0 Å². The Balaban J connectivity index is 1.85. The molecule has 0 nitrogen and oxygen atoms in total. The summed E-state index contributed by atoms with van der Waals surface area (Å²) in [6.45, 7) is 5.79. The Morgan fingerprint density at radius 1 is 0.913 bits per heavy atom. The number of hydrogen-bond acceptors (Lipinski definition) is 0. The molecule has 2 aromatic rings. The van der Waals surface area contributed by atoms with Crippen molar-refractivity contribution in [3.8, 4) is 11.1 Å². The molecule has 1 aliphatic rings. The first kappa shape index (κ1) is 15.9. The maximum Gasteiger partial charge on any atom is 0.167 e. The topological polar surface area (TPSA) is 0 Å². The Labute approximate surface area is 136 Å². The molecule has 0 spiro atoms. The molecule has 0 aromatic heterocycles. The number of benzene rings is 2. The Bertz CT molecular complexity index is 693. The Hall–Kier alpha value is -1.96. The average Bonchev–Trinajstić information content (AvgIpc) is 2.58. The van der Waals surface area contributed by atoms with Crippen LogP contribution in [0.25, 0.3) is 17.2 Å². The van der Waals surface area contributed by atoms with Gasteiger partial charge in [0.05, 0.1) is 0 Å². The van der Waals surface area contributed by atoms with Crippen LogP contribution in [0.15, 0.2) is 43.0 Å². The minimum Gasteiger partial charge on any atom is -0.203 e. The first-order valence-corrected chi connectivity index (χ1v) is 8.16. The van der Waals surface area contributed by atoms with E-state index in [-0.39, 0.29) is 5.56 Å². The van der Waals surface area contributed by atoms with Crippen molar-refractivity contribution in [1.29, 1.82) is 0 Å². The first-order chi connectivity index (χ1) is 11.1. The van der Waals surface area contributed by atoms with E-state index in [0.29, 0.717) is 11.1 Å². The van der Waals surface area contributed by atoms with Gasteiger partial charge in [-0.3, -0.25) is 0 Å². The zero-order chi connectivity index (χ0) is 16.4. The van der Waals surface area contributed by atoms with Crippen molar-refractivity contribution in [3.63, 3.8) is 0 Å². The standard InChI is InChI=1S/C21H21F2/c1-3-15-12-13-19(21(23)20(15)22)18-10-8-17(9-11-18)16-6-4-14(2)5-7-16/h3,8-14H,1,4-7H2,2H3. The van der Waals surface area contributed by atoms with E-state index < -0.39 is 11.6 Å². The predicted molar refractivity (Wildman–Crippen MR) is 91.9 cm³/mol. The van der Waals surface area contributed by atoms with Crippen LogP contribution in [0.1, 0.15) is 43.7 Å². The normalized spacial score (nSPS) is 16.5. The summed E-state index contributed by atoms with van der Waals surface area (Å²) in [5, 5.41) is 0. The Morgan fingerprint density at radius 2 is 1.52 bits per heavy atom. The zero-order valence-electron chi connectivity index (χ0n) is 13.4. The lowest BCUT2D eigenvalue weighted by Gasteiger charge is -2.26. The molecule has 0 amide bonds. The fraction of sp³-hybridized carbons (Fsp3) is 0.286. The first-order valence-electron chi connectivity index (χ1n) is 8.16. The molecular weight excluding hydrogens is 290 g/mol. The van der Waals surface area contributed by atoms with Crippen molar-refractivity contribution in [3.05, 3.63) is 71.7 Å². The molecule has 2 heteroatoms. The summed E-state index contributed by atoms with van der Waals surface area (Å²) in [5.41, 5.74) is 2.41. The SMILES string of the molecule is C=Cc1ccc(-c2ccc([C]3CCC(C)CC3)cc2)c(F)c1F. The molecule has 0 unspecified atom stereocenters. The van der Waals surface area contributed by atoms with Crippen LogP contribution < -0.4 is 0 Å². The van der Waals surface area contributed by atoms with Crippen molar-refractivity contribution in [2.45, 2.75) is 32.6 Å². The molecule has 0 atom stereocenters. The molecule has 0 N–H and O–H groups in total. The molecule has 23 heavy (non-hydrogen) atoms. The van der Waals surface area contributed by atoms with Crippen molar-refractivity contribution in [1.82, 2.24) is 0 Å². The minimum atomic E-state index is -0.836.